The van der Waals surface area contributed by atoms with E-state index in [1.165, 1.54) is 24.4 Å². The molecule has 0 aliphatic rings. The summed E-state index contributed by atoms with van der Waals surface area (Å²) in [5, 5.41) is 22.9. The van der Waals surface area contributed by atoms with Crippen molar-refractivity contribution in [3.63, 3.8) is 0 Å². The van der Waals surface area contributed by atoms with Gasteiger partial charge in [0.2, 0.25) is 5.13 Å². The molecule has 1 aromatic carbocycles. The molecule has 1 heterocycles. The van der Waals surface area contributed by atoms with Gasteiger partial charge in [-0.15, -0.1) is 0 Å². The van der Waals surface area contributed by atoms with E-state index in [9.17, 15) is 19.8 Å². The summed E-state index contributed by atoms with van der Waals surface area (Å²) >= 11 is 0.905. The van der Waals surface area contributed by atoms with Crippen molar-refractivity contribution in [3.05, 3.63) is 45.1 Å². The zero-order chi connectivity index (χ0) is 16.8. The van der Waals surface area contributed by atoms with Crippen molar-refractivity contribution in [2.24, 2.45) is 5.10 Å². The Labute approximate surface area is 134 Å². The number of hydrogen-bond acceptors (Lipinski definition) is 9. The second-order valence-corrected chi connectivity index (χ2v) is 5.20. The zero-order valence-electron chi connectivity index (χ0n) is 12.0. The minimum atomic E-state index is -0.616. The highest BCUT2D eigenvalue weighted by Gasteiger charge is 2.11. The second-order valence-electron chi connectivity index (χ2n) is 4.17. The van der Waals surface area contributed by atoms with Gasteiger partial charge < -0.3 is 14.9 Å². The highest BCUT2D eigenvalue weighted by molar-refractivity contribution is 7.17. The van der Waals surface area contributed by atoms with Gasteiger partial charge in [0.05, 0.1) is 12.8 Å². The van der Waals surface area contributed by atoms with E-state index in [0.717, 1.165) is 17.4 Å². The first-order chi connectivity index (χ1) is 11.0. The second kappa shape index (κ2) is 7.36. The molecule has 0 amide bonds. The lowest BCUT2D eigenvalue weighted by Crippen LogP contribution is -2.11. The summed E-state index contributed by atoms with van der Waals surface area (Å²) < 4.78 is 4.82. The number of aromatic nitrogens is 1. The minimum absolute atomic E-state index is 0.0939. The standard InChI is InChI=1S/C14H13N3O5S/c1-2-22-13(21)10-6-11(19)16-14(23-10)17-15-7-8-4-3-5-9(18)12(8)20/h3-7,18,20H,2H2,1H3,(H,16,17,19)/b15-7+. The van der Waals surface area contributed by atoms with E-state index >= 15 is 0 Å². The number of benzene rings is 1. The topological polar surface area (TPSA) is 121 Å². The quantitative estimate of drug-likeness (QED) is 0.328. The lowest BCUT2D eigenvalue weighted by molar-refractivity contribution is 0.0531. The Kier molecular flexibility index (Phi) is 5.26. The number of aromatic hydroxyl groups is 2. The highest BCUT2D eigenvalue weighted by Crippen LogP contribution is 2.26. The lowest BCUT2D eigenvalue weighted by atomic mass is 10.2. The van der Waals surface area contributed by atoms with Crippen molar-refractivity contribution in [3.8, 4) is 11.5 Å². The maximum atomic E-state index is 11.6. The van der Waals surface area contributed by atoms with Crippen LogP contribution < -0.4 is 11.0 Å². The number of phenols is 2. The molecule has 0 saturated carbocycles. The van der Waals surface area contributed by atoms with Crippen LogP contribution >= 0.6 is 11.3 Å². The molecule has 2 aromatic rings. The zero-order valence-corrected chi connectivity index (χ0v) is 12.8. The van der Waals surface area contributed by atoms with Gasteiger partial charge in [-0.05, 0) is 19.1 Å². The van der Waals surface area contributed by atoms with Gasteiger partial charge in [-0.25, -0.2) is 4.79 Å². The van der Waals surface area contributed by atoms with E-state index in [-0.39, 0.29) is 33.7 Å². The summed E-state index contributed by atoms with van der Waals surface area (Å²) in [6.45, 7) is 1.85. The van der Waals surface area contributed by atoms with E-state index in [1.807, 2.05) is 0 Å². The molecule has 3 N–H and O–H groups in total. The molecule has 0 unspecified atom stereocenters. The minimum Gasteiger partial charge on any atom is -0.504 e. The number of nitrogens with zero attached hydrogens (tertiary/aromatic N) is 2. The van der Waals surface area contributed by atoms with Crippen LogP contribution in [0, 0.1) is 0 Å². The molecule has 8 nitrogen and oxygen atoms in total. The molecule has 0 aliphatic carbocycles. The van der Waals surface area contributed by atoms with Crippen molar-refractivity contribution in [1.29, 1.82) is 0 Å². The molecule has 2 rings (SSSR count). The number of rotatable bonds is 5. The number of carbonyl (C=O) groups is 1. The molecule has 0 radical (unpaired) electrons. The third-order valence-corrected chi connectivity index (χ3v) is 3.44. The Balaban J connectivity index is 2.17. The monoisotopic (exact) mass is 335 g/mol. The Hall–Kier alpha value is -2.94. The molecule has 0 spiro atoms. The van der Waals surface area contributed by atoms with Gasteiger partial charge in [-0.3, -0.25) is 10.2 Å². The molecule has 0 fully saturated rings. The predicted octanol–water partition coefficient (Wildman–Crippen LogP) is 1.54. The SMILES string of the molecule is CCOC(=O)c1cc(=O)nc(N/N=C/c2cccc(O)c2O)s1. The van der Waals surface area contributed by atoms with Crippen LogP contribution in [0.2, 0.25) is 0 Å². The number of para-hydroxylation sites is 1. The first-order valence-corrected chi connectivity index (χ1v) is 7.32. The van der Waals surface area contributed by atoms with Crippen LogP contribution in [0.5, 0.6) is 11.5 Å². The summed E-state index contributed by atoms with van der Waals surface area (Å²) in [4.78, 5) is 26.9. The molecule has 120 valence electrons. The number of carbonyl (C=O) groups excluding carboxylic acids is 1. The molecule has 9 heteroatoms. The Bertz CT molecular complexity index is 803. The molecule has 0 aliphatic heterocycles. The van der Waals surface area contributed by atoms with E-state index in [0.29, 0.717) is 0 Å². The van der Waals surface area contributed by atoms with Crippen molar-refractivity contribution in [2.45, 2.75) is 6.92 Å². The summed E-state index contributed by atoms with van der Waals surface area (Å²) in [5.41, 5.74) is 2.16. The summed E-state index contributed by atoms with van der Waals surface area (Å²) in [7, 11) is 0. The third kappa shape index (κ3) is 4.27. The fourth-order valence-corrected chi connectivity index (χ4v) is 2.31. The summed E-state index contributed by atoms with van der Waals surface area (Å²) in [5.74, 6) is -1.21. The fraction of sp³-hybridized carbons (Fsp3) is 0.143. The first kappa shape index (κ1) is 16.4. The van der Waals surface area contributed by atoms with Crippen LogP contribution in [0.4, 0.5) is 5.13 Å². The summed E-state index contributed by atoms with van der Waals surface area (Å²) in [6.07, 6.45) is 1.24. The van der Waals surface area contributed by atoms with E-state index in [2.05, 4.69) is 15.5 Å². The van der Waals surface area contributed by atoms with Gasteiger partial charge in [0, 0.05) is 11.6 Å². The van der Waals surface area contributed by atoms with Crippen molar-refractivity contribution >= 4 is 28.7 Å². The molecular formula is C14H13N3O5S. The fourth-order valence-electron chi connectivity index (χ4n) is 1.56. The van der Waals surface area contributed by atoms with Gasteiger partial charge in [-0.2, -0.15) is 10.1 Å². The average molecular weight is 335 g/mol. The molecule has 0 atom stereocenters. The largest absolute Gasteiger partial charge is 0.504 e. The van der Waals surface area contributed by atoms with Gasteiger partial charge in [0.1, 0.15) is 4.88 Å². The maximum absolute atomic E-state index is 11.6. The van der Waals surface area contributed by atoms with Gasteiger partial charge in [0.25, 0.3) is 5.56 Å². The molecular weight excluding hydrogens is 322 g/mol. The predicted molar refractivity (Wildman–Crippen MR) is 85.3 cm³/mol. The number of phenolic OH excluding ortho intramolecular Hbond substituents is 2. The van der Waals surface area contributed by atoms with Crippen molar-refractivity contribution in [1.82, 2.24) is 4.98 Å². The van der Waals surface area contributed by atoms with Gasteiger partial charge in [-0.1, -0.05) is 17.4 Å². The van der Waals surface area contributed by atoms with Crippen LogP contribution in [0.25, 0.3) is 0 Å². The Morgan fingerprint density at radius 2 is 2.26 bits per heavy atom. The summed E-state index contributed by atoms with van der Waals surface area (Å²) in [6, 6.07) is 5.48. The van der Waals surface area contributed by atoms with Crippen LogP contribution in [-0.2, 0) is 4.74 Å². The number of nitrogens with one attached hydrogen (secondary N) is 1. The van der Waals surface area contributed by atoms with Crippen LogP contribution in [0.15, 0.2) is 34.2 Å². The van der Waals surface area contributed by atoms with Crippen LogP contribution in [-0.4, -0.2) is 34.0 Å². The number of hydrogen-bond donors (Lipinski definition) is 3. The van der Waals surface area contributed by atoms with Crippen LogP contribution in [0.1, 0.15) is 22.2 Å². The van der Waals surface area contributed by atoms with Gasteiger partial charge >= 0.3 is 5.97 Å². The normalized spacial score (nSPS) is 10.7. The Morgan fingerprint density at radius 1 is 1.48 bits per heavy atom. The van der Waals surface area contributed by atoms with E-state index in [1.54, 1.807) is 6.92 Å². The van der Waals surface area contributed by atoms with Crippen molar-refractivity contribution in [2.75, 3.05) is 12.0 Å². The van der Waals surface area contributed by atoms with E-state index in [4.69, 9.17) is 4.74 Å². The number of anilines is 1. The Morgan fingerprint density at radius 3 is 3.00 bits per heavy atom. The maximum Gasteiger partial charge on any atom is 0.348 e. The lowest BCUT2D eigenvalue weighted by Gasteiger charge is -2.03. The first-order valence-electron chi connectivity index (χ1n) is 6.50. The molecule has 1 aromatic heterocycles. The van der Waals surface area contributed by atoms with Gasteiger partial charge in [0.15, 0.2) is 11.5 Å². The number of esters is 1. The van der Waals surface area contributed by atoms with Crippen molar-refractivity contribution < 1.29 is 19.7 Å². The third-order valence-electron chi connectivity index (χ3n) is 2.56. The van der Waals surface area contributed by atoms with E-state index < -0.39 is 11.5 Å². The number of ether oxygens (including phenoxy) is 1. The molecule has 0 bridgehead atoms. The smallest absolute Gasteiger partial charge is 0.348 e. The molecule has 23 heavy (non-hydrogen) atoms. The highest BCUT2D eigenvalue weighted by atomic mass is 32.1. The average Bonchev–Trinajstić information content (AvgIpc) is 2.51. The van der Waals surface area contributed by atoms with Crippen LogP contribution in [0.3, 0.4) is 0 Å². The number of hydrazone groups is 1. The molecule has 0 saturated heterocycles.